The standard InChI is InChI=1S/C17H14Br2N2O5/c1-26-17(23)15(6-10-2-4-14(5-3-10)21(24)25)20-16(22)11-7-12(18)9-13(19)8-11/h2-5,7-9,15H,6H2,1H3,(H,20,22)/t15-/m1/s1. The topological polar surface area (TPSA) is 98.5 Å². The van der Waals surface area contributed by atoms with Crippen molar-refractivity contribution in [2.24, 2.45) is 0 Å². The highest BCUT2D eigenvalue weighted by molar-refractivity contribution is 9.11. The number of non-ortho nitro benzene ring substituents is 1. The zero-order valence-electron chi connectivity index (χ0n) is 13.6. The van der Waals surface area contributed by atoms with Crippen molar-refractivity contribution in [3.63, 3.8) is 0 Å². The molecule has 0 saturated heterocycles. The van der Waals surface area contributed by atoms with Crippen molar-refractivity contribution < 1.29 is 19.2 Å². The second-order valence-corrected chi connectivity index (χ2v) is 7.17. The maximum Gasteiger partial charge on any atom is 0.328 e. The fourth-order valence-corrected chi connectivity index (χ4v) is 3.55. The number of rotatable bonds is 6. The first-order valence-electron chi connectivity index (χ1n) is 7.38. The third-order valence-corrected chi connectivity index (χ3v) is 4.42. The van der Waals surface area contributed by atoms with Crippen LogP contribution in [0.5, 0.6) is 0 Å². The van der Waals surface area contributed by atoms with Gasteiger partial charge in [0.05, 0.1) is 12.0 Å². The molecule has 2 rings (SSSR count). The summed E-state index contributed by atoms with van der Waals surface area (Å²) < 4.78 is 6.17. The number of carbonyl (C=O) groups is 2. The van der Waals surface area contributed by atoms with E-state index in [0.29, 0.717) is 20.1 Å². The molecular weight excluding hydrogens is 472 g/mol. The highest BCUT2D eigenvalue weighted by Gasteiger charge is 2.23. The molecule has 0 aliphatic carbocycles. The minimum absolute atomic E-state index is 0.0496. The summed E-state index contributed by atoms with van der Waals surface area (Å²) in [7, 11) is 1.23. The summed E-state index contributed by atoms with van der Waals surface area (Å²) in [5.74, 6) is -1.05. The van der Waals surface area contributed by atoms with Crippen LogP contribution in [-0.2, 0) is 16.0 Å². The van der Waals surface area contributed by atoms with Gasteiger partial charge in [0.15, 0.2) is 0 Å². The molecule has 0 aliphatic rings. The summed E-state index contributed by atoms with van der Waals surface area (Å²) in [6, 6.07) is 9.87. The molecule has 1 N–H and O–H groups in total. The van der Waals surface area contributed by atoms with Crippen molar-refractivity contribution in [3.8, 4) is 0 Å². The number of nitrogens with zero attached hydrogens (tertiary/aromatic N) is 1. The van der Waals surface area contributed by atoms with E-state index in [0.717, 1.165) is 0 Å². The van der Waals surface area contributed by atoms with Crippen LogP contribution in [0.1, 0.15) is 15.9 Å². The van der Waals surface area contributed by atoms with Crippen LogP contribution in [0.25, 0.3) is 0 Å². The molecule has 0 saturated carbocycles. The predicted octanol–water partition coefficient (Wildman–Crippen LogP) is 3.63. The van der Waals surface area contributed by atoms with Gasteiger partial charge in [-0.1, -0.05) is 44.0 Å². The van der Waals surface area contributed by atoms with Crippen LogP contribution in [0, 0.1) is 10.1 Å². The summed E-state index contributed by atoms with van der Waals surface area (Å²) >= 11 is 6.61. The molecule has 0 aromatic heterocycles. The maximum absolute atomic E-state index is 12.5. The number of nitro groups is 1. The van der Waals surface area contributed by atoms with Crippen LogP contribution in [0.2, 0.25) is 0 Å². The lowest BCUT2D eigenvalue weighted by Gasteiger charge is -2.17. The predicted molar refractivity (Wildman–Crippen MR) is 102 cm³/mol. The van der Waals surface area contributed by atoms with Crippen molar-refractivity contribution >= 4 is 49.4 Å². The Morgan fingerprint density at radius 3 is 2.23 bits per heavy atom. The summed E-state index contributed by atoms with van der Waals surface area (Å²) in [4.78, 5) is 34.7. The molecule has 0 unspecified atom stereocenters. The van der Waals surface area contributed by atoms with Crippen LogP contribution in [0.15, 0.2) is 51.4 Å². The Morgan fingerprint density at radius 1 is 1.15 bits per heavy atom. The molecule has 2 aromatic rings. The Morgan fingerprint density at radius 2 is 1.73 bits per heavy atom. The summed E-state index contributed by atoms with van der Waals surface area (Å²) in [5.41, 5.74) is 0.969. The lowest BCUT2D eigenvalue weighted by molar-refractivity contribution is -0.384. The normalized spacial score (nSPS) is 11.5. The first kappa shape index (κ1) is 20.1. The van der Waals surface area contributed by atoms with Gasteiger partial charge in [-0.15, -0.1) is 0 Å². The lowest BCUT2D eigenvalue weighted by Crippen LogP contribution is -2.43. The molecule has 9 heteroatoms. The van der Waals surface area contributed by atoms with Crippen molar-refractivity contribution in [1.82, 2.24) is 5.32 Å². The summed E-state index contributed by atoms with van der Waals surface area (Å²) in [6.07, 6.45) is 0.144. The number of nitro benzene ring substituents is 1. The smallest absolute Gasteiger partial charge is 0.328 e. The molecule has 1 atom stereocenters. The Bertz CT molecular complexity index is 819. The van der Waals surface area contributed by atoms with E-state index in [2.05, 4.69) is 37.2 Å². The number of hydrogen-bond donors (Lipinski definition) is 1. The van der Waals surface area contributed by atoms with Gasteiger partial charge >= 0.3 is 5.97 Å². The molecule has 0 radical (unpaired) electrons. The molecule has 2 aromatic carbocycles. The number of methoxy groups -OCH3 is 1. The highest BCUT2D eigenvalue weighted by Crippen LogP contribution is 2.20. The number of halogens is 2. The van der Waals surface area contributed by atoms with Crippen LogP contribution in [0.3, 0.4) is 0 Å². The number of esters is 1. The summed E-state index contributed by atoms with van der Waals surface area (Å²) in [6.45, 7) is 0. The molecule has 0 spiro atoms. The van der Waals surface area contributed by atoms with E-state index >= 15 is 0 Å². The van der Waals surface area contributed by atoms with Crippen LogP contribution < -0.4 is 5.32 Å². The number of benzene rings is 2. The molecule has 1 amide bonds. The molecule has 0 aliphatic heterocycles. The second-order valence-electron chi connectivity index (χ2n) is 5.34. The van der Waals surface area contributed by atoms with Crippen LogP contribution >= 0.6 is 31.9 Å². The molecule has 7 nitrogen and oxygen atoms in total. The number of hydrogen-bond acceptors (Lipinski definition) is 5. The quantitative estimate of drug-likeness (QED) is 0.382. The third-order valence-electron chi connectivity index (χ3n) is 3.50. The van der Waals surface area contributed by atoms with E-state index in [-0.39, 0.29) is 12.1 Å². The first-order chi connectivity index (χ1) is 12.3. The van der Waals surface area contributed by atoms with Crippen molar-refractivity contribution in [3.05, 3.63) is 72.7 Å². The average Bonchev–Trinajstić information content (AvgIpc) is 2.60. The number of ether oxygens (including phenoxy) is 1. The van der Waals surface area contributed by atoms with Crippen molar-refractivity contribution in [1.29, 1.82) is 0 Å². The van der Waals surface area contributed by atoms with Crippen LogP contribution in [0.4, 0.5) is 5.69 Å². The number of carbonyl (C=O) groups excluding carboxylic acids is 2. The molecular formula is C17H14Br2N2O5. The first-order valence-corrected chi connectivity index (χ1v) is 8.97. The SMILES string of the molecule is COC(=O)[C@@H](Cc1ccc([N+](=O)[O-])cc1)NC(=O)c1cc(Br)cc(Br)c1. The minimum Gasteiger partial charge on any atom is -0.467 e. The molecule has 0 heterocycles. The van der Waals surface area contributed by atoms with E-state index in [4.69, 9.17) is 4.74 Å². The lowest BCUT2D eigenvalue weighted by atomic mass is 10.0. The molecule has 136 valence electrons. The number of amides is 1. The fraction of sp³-hybridized carbons (Fsp3) is 0.176. The van der Waals surface area contributed by atoms with Crippen molar-refractivity contribution in [2.75, 3.05) is 7.11 Å². The van der Waals surface area contributed by atoms with E-state index in [1.54, 1.807) is 18.2 Å². The van der Waals surface area contributed by atoms with Crippen molar-refractivity contribution in [2.45, 2.75) is 12.5 Å². The Labute approximate surface area is 166 Å². The van der Waals surface area contributed by atoms with Gasteiger partial charge < -0.3 is 10.1 Å². The van der Waals surface area contributed by atoms with Gasteiger partial charge in [-0.05, 0) is 23.8 Å². The minimum atomic E-state index is -0.924. The van der Waals surface area contributed by atoms with Gasteiger partial charge in [0.2, 0.25) is 0 Å². The Hall–Kier alpha value is -2.26. The molecule has 26 heavy (non-hydrogen) atoms. The summed E-state index contributed by atoms with van der Waals surface area (Å²) in [5, 5.41) is 13.3. The molecule has 0 bridgehead atoms. The Balaban J connectivity index is 2.17. The zero-order valence-corrected chi connectivity index (χ0v) is 16.7. The van der Waals surface area contributed by atoms with Gasteiger partial charge in [-0.2, -0.15) is 0 Å². The zero-order chi connectivity index (χ0) is 19.3. The molecule has 0 fully saturated rings. The van der Waals surface area contributed by atoms with E-state index in [1.807, 2.05) is 0 Å². The van der Waals surface area contributed by atoms with Gasteiger partial charge in [0.25, 0.3) is 11.6 Å². The van der Waals surface area contributed by atoms with Gasteiger partial charge in [0, 0.05) is 33.1 Å². The van der Waals surface area contributed by atoms with E-state index in [1.165, 1.54) is 31.4 Å². The second kappa shape index (κ2) is 8.91. The van der Waals surface area contributed by atoms with Gasteiger partial charge in [0.1, 0.15) is 6.04 Å². The average molecular weight is 486 g/mol. The monoisotopic (exact) mass is 484 g/mol. The highest BCUT2D eigenvalue weighted by atomic mass is 79.9. The number of nitrogens with one attached hydrogen (secondary N) is 1. The maximum atomic E-state index is 12.5. The third kappa shape index (κ3) is 5.37. The van der Waals surface area contributed by atoms with E-state index < -0.39 is 22.8 Å². The largest absolute Gasteiger partial charge is 0.467 e. The van der Waals surface area contributed by atoms with Crippen LogP contribution in [-0.4, -0.2) is 30.0 Å². The van der Waals surface area contributed by atoms with E-state index in [9.17, 15) is 19.7 Å². The fourth-order valence-electron chi connectivity index (χ4n) is 2.25. The van der Waals surface area contributed by atoms with Gasteiger partial charge in [-0.3, -0.25) is 14.9 Å². The van der Waals surface area contributed by atoms with Gasteiger partial charge in [-0.25, -0.2) is 4.79 Å². The Kier molecular flexibility index (Phi) is 6.87.